The molecule has 1 aliphatic rings. The summed E-state index contributed by atoms with van der Waals surface area (Å²) in [6.07, 6.45) is 5.61. The van der Waals surface area contributed by atoms with Gasteiger partial charge >= 0.3 is 0 Å². The van der Waals surface area contributed by atoms with Crippen molar-refractivity contribution in [1.29, 1.82) is 0 Å². The smallest absolute Gasteiger partial charge is 0.0203 e. The SMILES string of the molecule is CCNC1CCC(C(C)C)CC1SCCC(C)C. The second-order valence-corrected chi connectivity index (χ2v) is 7.92. The Hall–Kier alpha value is 0.310. The highest BCUT2D eigenvalue weighted by Crippen LogP contribution is 2.36. The van der Waals surface area contributed by atoms with E-state index in [1.165, 1.54) is 31.4 Å². The molecular weight excluding hydrogens is 238 g/mol. The fraction of sp³-hybridized carbons (Fsp3) is 1.00. The molecule has 3 unspecified atom stereocenters. The molecule has 18 heavy (non-hydrogen) atoms. The van der Waals surface area contributed by atoms with E-state index in [0.717, 1.165) is 35.6 Å². The van der Waals surface area contributed by atoms with E-state index in [9.17, 15) is 0 Å². The van der Waals surface area contributed by atoms with E-state index in [-0.39, 0.29) is 0 Å². The molecule has 0 aromatic carbocycles. The van der Waals surface area contributed by atoms with Gasteiger partial charge in [-0.2, -0.15) is 11.8 Å². The lowest BCUT2D eigenvalue weighted by Gasteiger charge is -2.38. The third-order valence-corrected chi connectivity index (χ3v) is 5.69. The second-order valence-electron chi connectivity index (χ2n) is 6.57. The summed E-state index contributed by atoms with van der Waals surface area (Å²) in [7, 11) is 0. The summed E-state index contributed by atoms with van der Waals surface area (Å²) >= 11 is 2.23. The van der Waals surface area contributed by atoms with Gasteiger partial charge in [0.05, 0.1) is 0 Å². The molecule has 1 nitrogen and oxygen atoms in total. The highest BCUT2D eigenvalue weighted by molar-refractivity contribution is 7.99. The molecule has 1 saturated carbocycles. The zero-order chi connectivity index (χ0) is 13.5. The van der Waals surface area contributed by atoms with Crippen LogP contribution in [0.15, 0.2) is 0 Å². The summed E-state index contributed by atoms with van der Waals surface area (Å²) in [4.78, 5) is 0. The molecule has 0 radical (unpaired) electrons. The minimum absolute atomic E-state index is 0.766. The topological polar surface area (TPSA) is 12.0 Å². The second kappa shape index (κ2) is 8.47. The van der Waals surface area contributed by atoms with Gasteiger partial charge in [-0.3, -0.25) is 0 Å². The molecule has 2 heteroatoms. The number of thioether (sulfide) groups is 1. The van der Waals surface area contributed by atoms with Crippen molar-refractivity contribution in [3.63, 3.8) is 0 Å². The first-order valence-electron chi connectivity index (χ1n) is 7.89. The highest BCUT2D eigenvalue weighted by atomic mass is 32.2. The molecule has 1 N–H and O–H groups in total. The first-order valence-corrected chi connectivity index (χ1v) is 8.94. The fourth-order valence-corrected chi connectivity index (χ4v) is 4.66. The maximum absolute atomic E-state index is 3.71. The van der Waals surface area contributed by atoms with Crippen LogP contribution in [0.3, 0.4) is 0 Å². The lowest BCUT2D eigenvalue weighted by molar-refractivity contribution is 0.247. The first-order chi connectivity index (χ1) is 8.54. The van der Waals surface area contributed by atoms with Gasteiger partial charge in [-0.05, 0) is 55.7 Å². The molecule has 0 aliphatic heterocycles. The lowest BCUT2D eigenvalue weighted by Crippen LogP contribution is -2.43. The molecule has 0 amide bonds. The molecule has 108 valence electrons. The van der Waals surface area contributed by atoms with Crippen molar-refractivity contribution in [2.75, 3.05) is 12.3 Å². The van der Waals surface area contributed by atoms with E-state index in [0.29, 0.717) is 0 Å². The number of hydrogen-bond acceptors (Lipinski definition) is 2. The quantitative estimate of drug-likeness (QED) is 0.728. The van der Waals surface area contributed by atoms with Crippen LogP contribution in [0.2, 0.25) is 0 Å². The van der Waals surface area contributed by atoms with Crippen molar-refractivity contribution in [3.8, 4) is 0 Å². The van der Waals surface area contributed by atoms with Crippen LogP contribution in [-0.4, -0.2) is 23.6 Å². The van der Waals surface area contributed by atoms with Gasteiger partial charge < -0.3 is 5.32 Å². The molecule has 0 heterocycles. The van der Waals surface area contributed by atoms with Crippen LogP contribution in [0.25, 0.3) is 0 Å². The maximum Gasteiger partial charge on any atom is 0.0203 e. The van der Waals surface area contributed by atoms with E-state index in [4.69, 9.17) is 0 Å². The van der Waals surface area contributed by atoms with E-state index < -0.39 is 0 Å². The van der Waals surface area contributed by atoms with Crippen LogP contribution in [0.5, 0.6) is 0 Å². The third-order valence-electron chi connectivity index (χ3n) is 4.27. The van der Waals surface area contributed by atoms with Crippen molar-refractivity contribution in [3.05, 3.63) is 0 Å². The molecule has 0 saturated heterocycles. The van der Waals surface area contributed by atoms with E-state index >= 15 is 0 Å². The molecule has 1 aliphatic carbocycles. The van der Waals surface area contributed by atoms with Gasteiger partial charge in [0, 0.05) is 11.3 Å². The zero-order valence-corrected chi connectivity index (χ0v) is 13.9. The maximum atomic E-state index is 3.71. The molecule has 0 bridgehead atoms. The lowest BCUT2D eigenvalue weighted by atomic mass is 9.79. The highest BCUT2D eigenvalue weighted by Gasteiger charge is 2.31. The molecule has 1 rings (SSSR count). The van der Waals surface area contributed by atoms with Gasteiger partial charge in [-0.15, -0.1) is 0 Å². The minimum Gasteiger partial charge on any atom is -0.313 e. The average molecular weight is 272 g/mol. The minimum atomic E-state index is 0.766. The number of rotatable bonds is 7. The average Bonchev–Trinajstić information content (AvgIpc) is 2.30. The van der Waals surface area contributed by atoms with Crippen molar-refractivity contribution < 1.29 is 0 Å². The number of hydrogen-bond donors (Lipinski definition) is 1. The Labute approximate surface area is 119 Å². The Kier molecular flexibility index (Phi) is 7.70. The summed E-state index contributed by atoms with van der Waals surface area (Å²) in [5.41, 5.74) is 0. The summed E-state index contributed by atoms with van der Waals surface area (Å²) < 4.78 is 0. The molecular formula is C16H33NS. The van der Waals surface area contributed by atoms with Crippen LogP contribution in [-0.2, 0) is 0 Å². The van der Waals surface area contributed by atoms with E-state index in [2.05, 4.69) is 51.7 Å². The third kappa shape index (κ3) is 5.52. The van der Waals surface area contributed by atoms with Crippen molar-refractivity contribution in [2.45, 2.75) is 71.6 Å². The molecule has 0 aromatic rings. The van der Waals surface area contributed by atoms with E-state index in [1.807, 2.05) is 0 Å². The monoisotopic (exact) mass is 271 g/mol. The molecule has 0 spiro atoms. The Morgan fingerprint density at radius 1 is 1.17 bits per heavy atom. The van der Waals surface area contributed by atoms with Gasteiger partial charge in [-0.25, -0.2) is 0 Å². The van der Waals surface area contributed by atoms with Gasteiger partial charge in [-0.1, -0.05) is 34.6 Å². The van der Waals surface area contributed by atoms with Crippen LogP contribution in [0.4, 0.5) is 0 Å². The largest absolute Gasteiger partial charge is 0.313 e. The Morgan fingerprint density at radius 3 is 2.44 bits per heavy atom. The molecule has 3 atom stereocenters. The van der Waals surface area contributed by atoms with Crippen LogP contribution in [0, 0.1) is 17.8 Å². The summed E-state index contributed by atoms with van der Waals surface area (Å²) in [6.45, 7) is 12.8. The van der Waals surface area contributed by atoms with E-state index in [1.54, 1.807) is 0 Å². The van der Waals surface area contributed by atoms with Gasteiger partial charge in [0.2, 0.25) is 0 Å². The summed E-state index contributed by atoms with van der Waals surface area (Å²) in [5.74, 6) is 4.01. The Balaban J connectivity index is 2.44. The summed E-state index contributed by atoms with van der Waals surface area (Å²) in [6, 6.07) is 0.766. The number of nitrogens with one attached hydrogen (secondary N) is 1. The summed E-state index contributed by atoms with van der Waals surface area (Å²) in [5, 5.41) is 4.56. The Morgan fingerprint density at radius 2 is 1.89 bits per heavy atom. The van der Waals surface area contributed by atoms with Crippen molar-refractivity contribution in [2.24, 2.45) is 17.8 Å². The Bertz CT molecular complexity index is 215. The molecule has 1 fully saturated rings. The van der Waals surface area contributed by atoms with Gasteiger partial charge in [0.25, 0.3) is 0 Å². The fourth-order valence-electron chi connectivity index (χ4n) is 2.90. The van der Waals surface area contributed by atoms with Crippen molar-refractivity contribution in [1.82, 2.24) is 5.32 Å². The zero-order valence-electron chi connectivity index (χ0n) is 13.0. The van der Waals surface area contributed by atoms with Crippen LogP contribution in [0.1, 0.15) is 60.3 Å². The first kappa shape index (κ1) is 16.4. The predicted molar refractivity (Wildman–Crippen MR) is 85.3 cm³/mol. The van der Waals surface area contributed by atoms with Crippen LogP contribution < -0.4 is 5.32 Å². The van der Waals surface area contributed by atoms with Gasteiger partial charge in [0.1, 0.15) is 0 Å². The van der Waals surface area contributed by atoms with Gasteiger partial charge in [0.15, 0.2) is 0 Å². The van der Waals surface area contributed by atoms with Crippen molar-refractivity contribution >= 4 is 11.8 Å². The van der Waals surface area contributed by atoms with Crippen LogP contribution >= 0.6 is 11.8 Å². The predicted octanol–water partition coefficient (Wildman–Crippen LogP) is 4.57. The molecule has 0 aromatic heterocycles. The normalized spacial score (nSPS) is 29.2. The standard InChI is InChI=1S/C16H33NS/c1-6-17-15-8-7-14(13(4)5)11-16(15)18-10-9-12(2)3/h12-17H,6-11H2,1-5H3.